The summed E-state index contributed by atoms with van der Waals surface area (Å²) in [7, 11) is 0. The SMILES string of the molecule is O=Cc1cc(F)c(F)cc1-c1cnn(C2CCCCC2)c1. The third kappa shape index (κ3) is 2.73. The Bertz CT molecular complexity index is 660. The van der Waals surface area contributed by atoms with E-state index in [9.17, 15) is 13.6 Å². The van der Waals surface area contributed by atoms with E-state index < -0.39 is 11.6 Å². The van der Waals surface area contributed by atoms with Crippen LogP contribution in [-0.4, -0.2) is 16.1 Å². The molecule has 0 unspecified atom stereocenters. The lowest BCUT2D eigenvalue weighted by atomic mass is 9.95. The lowest BCUT2D eigenvalue weighted by molar-refractivity contribution is 0.112. The van der Waals surface area contributed by atoms with Gasteiger partial charge in [0.1, 0.15) is 0 Å². The number of rotatable bonds is 3. The van der Waals surface area contributed by atoms with Crippen LogP contribution in [0.4, 0.5) is 8.78 Å². The van der Waals surface area contributed by atoms with Crippen LogP contribution in [-0.2, 0) is 0 Å². The predicted octanol–water partition coefficient (Wildman–Crippen LogP) is 4.15. The van der Waals surface area contributed by atoms with Gasteiger partial charge in [-0.15, -0.1) is 0 Å². The van der Waals surface area contributed by atoms with E-state index in [0.29, 0.717) is 23.5 Å². The summed E-state index contributed by atoms with van der Waals surface area (Å²) in [5, 5.41) is 4.33. The molecule has 3 nitrogen and oxygen atoms in total. The molecule has 5 heteroatoms. The Kier molecular flexibility index (Phi) is 3.82. The quantitative estimate of drug-likeness (QED) is 0.796. The molecule has 1 saturated carbocycles. The zero-order valence-corrected chi connectivity index (χ0v) is 11.6. The minimum absolute atomic E-state index is 0.136. The first-order chi connectivity index (χ1) is 10.2. The Morgan fingerprint density at radius 1 is 1.14 bits per heavy atom. The van der Waals surface area contributed by atoms with E-state index in [0.717, 1.165) is 25.0 Å². The molecular weight excluding hydrogens is 274 g/mol. The second-order valence-corrected chi connectivity index (χ2v) is 5.47. The molecule has 1 aliphatic carbocycles. The van der Waals surface area contributed by atoms with Crippen molar-refractivity contribution in [1.82, 2.24) is 9.78 Å². The molecule has 1 heterocycles. The first kappa shape index (κ1) is 13.9. The van der Waals surface area contributed by atoms with Crippen LogP contribution in [0.15, 0.2) is 24.5 Å². The molecule has 3 rings (SSSR count). The van der Waals surface area contributed by atoms with E-state index in [2.05, 4.69) is 5.10 Å². The van der Waals surface area contributed by atoms with E-state index in [4.69, 9.17) is 0 Å². The van der Waals surface area contributed by atoms with Crippen molar-refractivity contribution in [2.24, 2.45) is 0 Å². The number of benzene rings is 1. The van der Waals surface area contributed by atoms with Crippen molar-refractivity contribution in [2.45, 2.75) is 38.1 Å². The van der Waals surface area contributed by atoms with E-state index in [1.807, 2.05) is 10.9 Å². The van der Waals surface area contributed by atoms with Gasteiger partial charge >= 0.3 is 0 Å². The number of aldehydes is 1. The van der Waals surface area contributed by atoms with Crippen molar-refractivity contribution in [3.8, 4) is 11.1 Å². The third-order valence-corrected chi connectivity index (χ3v) is 4.08. The number of aromatic nitrogens is 2. The highest BCUT2D eigenvalue weighted by Gasteiger charge is 2.18. The Morgan fingerprint density at radius 2 is 1.86 bits per heavy atom. The normalized spacial score (nSPS) is 16.1. The van der Waals surface area contributed by atoms with Gasteiger partial charge in [-0.05, 0) is 30.5 Å². The van der Waals surface area contributed by atoms with Crippen molar-refractivity contribution in [3.05, 3.63) is 41.7 Å². The Balaban J connectivity index is 1.95. The molecule has 1 aromatic carbocycles. The fraction of sp³-hybridized carbons (Fsp3) is 0.375. The maximum atomic E-state index is 13.4. The van der Waals surface area contributed by atoms with Crippen molar-refractivity contribution < 1.29 is 13.6 Å². The van der Waals surface area contributed by atoms with Crippen molar-refractivity contribution in [3.63, 3.8) is 0 Å². The van der Waals surface area contributed by atoms with Crippen LogP contribution in [0.2, 0.25) is 0 Å². The fourth-order valence-electron chi connectivity index (χ4n) is 2.93. The monoisotopic (exact) mass is 290 g/mol. The molecule has 1 aliphatic rings. The Hall–Kier alpha value is -2.04. The maximum Gasteiger partial charge on any atom is 0.159 e. The van der Waals surface area contributed by atoms with Gasteiger partial charge in [-0.25, -0.2) is 8.78 Å². The molecule has 0 N–H and O–H groups in total. The summed E-state index contributed by atoms with van der Waals surface area (Å²) in [6.07, 6.45) is 9.75. The molecule has 0 atom stereocenters. The number of halogens is 2. The van der Waals surface area contributed by atoms with Crippen LogP contribution in [0.5, 0.6) is 0 Å². The first-order valence-electron chi connectivity index (χ1n) is 7.18. The Labute approximate surface area is 121 Å². The van der Waals surface area contributed by atoms with Gasteiger partial charge in [0, 0.05) is 17.3 Å². The van der Waals surface area contributed by atoms with Crippen molar-refractivity contribution >= 4 is 6.29 Å². The van der Waals surface area contributed by atoms with Crippen LogP contribution in [0.3, 0.4) is 0 Å². The number of carbonyl (C=O) groups excluding carboxylic acids is 1. The molecular formula is C16H16F2N2O. The molecule has 0 bridgehead atoms. The molecule has 1 fully saturated rings. The molecule has 0 aliphatic heterocycles. The van der Waals surface area contributed by atoms with Gasteiger partial charge in [-0.3, -0.25) is 9.48 Å². The molecule has 0 radical (unpaired) electrons. The van der Waals surface area contributed by atoms with Crippen molar-refractivity contribution in [2.75, 3.05) is 0 Å². The summed E-state index contributed by atoms with van der Waals surface area (Å²) in [5.74, 6) is -1.97. The van der Waals surface area contributed by atoms with E-state index in [1.165, 1.54) is 19.3 Å². The van der Waals surface area contributed by atoms with Crippen LogP contribution >= 0.6 is 0 Å². The minimum Gasteiger partial charge on any atom is -0.298 e. The molecule has 0 saturated heterocycles. The lowest BCUT2D eigenvalue weighted by Crippen LogP contribution is -2.12. The zero-order chi connectivity index (χ0) is 14.8. The van der Waals surface area contributed by atoms with E-state index in [-0.39, 0.29) is 5.56 Å². The smallest absolute Gasteiger partial charge is 0.159 e. The summed E-state index contributed by atoms with van der Waals surface area (Å²) >= 11 is 0. The molecule has 2 aromatic rings. The third-order valence-electron chi connectivity index (χ3n) is 4.08. The minimum atomic E-state index is -1.01. The van der Waals surface area contributed by atoms with Crippen molar-refractivity contribution in [1.29, 1.82) is 0 Å². The van der Waals surface area contributed by atoms with Crippen LogP contribution < -0.4 is 0 Å². The summed E-state index contributed by atoms with van der Waals surface area (Å²) < 4.78 is 28.5. The van der Waals surface area contributed by atoms with Gasteiger partial charge < -0.3 is 0 Å². The second kappa shape index (κ2) is 5.76. The van der Waals surface area contributed by atoms with Gasteiger partial charge in [0.25, 0.3) is 0 Å². The molecule has 110 valence electrons. The van der Waals surface area contributed by atoms with Gasteiger partial charge in [0.2, 0.25) is 0 Å². The van der Waals surface area contributed by atoms with Crippen LogP contribution in [0.25, 0.3) is 11.1 Å². The molecule has 1 aromatic heterocycles. The lowest BCUT2D eigenvalue weighted by Gasteiger charge is -2.21. The number of nitrogens with zero attached hydrogens (tertiary/aromatic N) is 2. The number of hydrogen-bond acceptors (Lipinski definition) is 2. The topological polar surface area (TPSA) is 34.9 Å². The molecule has 0 amide bonds. The summed E-state index contributed by atoms with van der Waals surface area (Å²) in [5.41, 5.74) is 1.16. The average molecular weight is 290 g/mol. The predicted molar refractivity (Wildman–Crippen MR) is 75.1 cm³/mol. The molecule has 0 spiro atoms. The summed E-state index contributed by atoms with van der Waals surface area (Å²) in [4.78, 5) is 11.1. The van der Waals surface area contributed by atoms with Gasteiger partial charge in [0.05, 0.1) is 12.2 Å². The Morgan fingerprint density at radius 3 is 2.57 bits per heavy atom. The fourth-order valence-corrected chi connectivity index (χ4v) is 2.93. The van der Waals surface area contributed by atoms with Gasteiger partial charge in [-0.2, -0.15) is 5.10 Å². The highest BCUT2D eigenvalue weighted by Crippen LogP contribution is 2.30. The summed E-state index contributed by atoms with van der Waals surface area (Å²) in [6.45, 7) is 0. The van der Waals surface area contributed by atoms with Crippen LogP contribution in [0, 0.1) is 11.6 Å². The molecule has 21 heavy (non-hydrogen) atoms. The van der Waals surface area contributed by atoms with Crippen LogP contribution in [0.1, 0.15) is 48.5 Å². The number of hydrogen-bond donors (Lipinski definition) is 0. The largest absolute Gasteiger partial charge is 0.298 e. The number of carbonyl (C=O) groups is 1. The zero-order valence-electron chi connectivity index (χ0n) is 11.6. The van der Waals surface area contributed by atoms with E-state index >= 15 is 0 Å². The average Bonchev–Trinajstić information content (AvgIpc) is 3.00. The second-order valence-electron chi connectivity index (χ2n) is 5.47. The standard InChI is InChI=1S/C16H16F2N2O/c17-15-6-11(10-21)14(7-16(15)18)12-8-19-20(9-12)13-4-2-1-3-5-13/h6-10,13H,1-5H2. The summed E-state index contributed by atoms with van der Waals surface area (Å²) in [6, 6.07) is 2.34. The maximum absolute atomic E-state index is 13.4. The highest BCUT2D eigenvalue weighted by molar-refractivity contribution is 5.87. The van der Waals surface area contributed by atoms with Gasteiger partial charge in [0.15, 0.2) is 17.9 Å². The van der Waals surface area contributed by atoms with E-state index in [1.54, 1.807) is 6.20 Å². The highest BCUT2D eigenvalue weighted by atomic mass is 19.2. The van der Waals surface area contributed by atoms with Gasteiger partial charge in [-0.1, -0.05) is 19.3 Å². The first-order valence-corrected chi connectivity index (χ1v) is 7.18.